The fourth-order valence-electron chi connectivity index (χ4n) is 1.68. The predicted molar refractivity (Wildman–Crippen MR) is 67.0 cm³/mol. The first-order valence-electron chi connectivity index (χ1n) is 5.38. The summed E-state index contributed by atoms with van der Waals surface area (Å²) in [6.45, 7) is -0.493. The van der Waals surface area contributed by atoms with Crippen molar-refractivity contribution in [2.45, 2.75) is 20.0 Å². The molecule has 18 heavy (non-hydrogen) atoms. The third-order valence-electron chi connectivity index (χ3n) is 2.60. The maximum atomic E-state index is 12.6. The highest BCUT2D eigenvalue weighted by molar-refractivity contribution is 6.33. The van der Waals surface area contributed by atoms with E-state index in [0.717, 1.165) is 15.8 Å². The first kappa shape index (κ1) is 12.8. The van der Waals surface area contributed by atoms with E-state index in [9.17, 15) is 8.78 Å². The molecule has 1 aromatic carbocycles. The SMILES string of the molecule is Cc1cccc(Cl)c1NCc1nccn1C(F)F. The van der Waals surface area contributed by atoms with Gasteiger partial charge in [0.05, 0.1) is 17.3 Å². The molecule has 2 rings (SSSR count). The summed E-state index contributed by atoms with van der Waals surface area (Å²) in [5.74, 6) is 0.268. The summed E-state index contributed by atoms with van der Waals surface area (Å²) in [6.07, 6.45) is 2.60. The van der Waals surface area contributed by atoms with Gasteiger partial charge in [-0.2, -0.15) is 8.78 Å². The summed E-state index contributed by atoms with van der Waals surface area (Å²) in [5, 5.41) is 3.59. The Bertz CT molecular complexity index is 520. The highest BCUT2D eigenvalue weighted by atomic mass is 35.5. The van der Waals surface area contributed by atoms with Crippen LogP contribution in [0, 0.1) is 6.92 Å². The van der Waals surface area contributed by atoms with Crippen molar-refractivity contribution in [3.8, 4) is 0 Å². The molecule has 0 aliphatic rings. The van der Waals surface area contributed by atoms with Crippen molar-refractivity contribution >= 4 is 17.3 Å². The lowest BCUT2D eigenvalue weighted by Gasteiger charge is -2.12. The number of anilines is 1. The molecule has 0 unspecified atom stereocenters. The van der Waals surface area contributed by atoms with Gasteiger partial charge in [-0.15, -0.1) is 0 Å². The van der Waals surface area contributed by atoms with Gasteiger partial charge >= 0.3 is 6.55 Å². The van der Waals surface area contributed by atoms with Crippen molar-refractivity contribution in [2.75, 3.05) is 5.32 Å². The van der Waals surface area contributed by atoms with Crippen LogP contribution in [-0.2, 0) is 6.54 Å². The Hall–Kier alpha value is -1.62. The van der Waals surface area contributed by atoms with E-state index in [0.29, 0.717) is 5.02 Å². The van der Waals surface area contributed by atoms with Crippen molar-refractivity contribution in [1.82, 2.24) is 9.55 Å². The molecule has 0 saturated heterocycles. The van der Waals surface area contributed by atoms with Gasteiger partial charge in [-0.25, -0.2) is 4.98 Å². The average molecular weight is 272 g/mol. The van der Waals surface area contributed by atoms with E-state index in [1.807, 2.05) is 19.1 Å². The van der Waals surface area contributed by atoms with Gasteiger partial charge in [-0.3, -0.25) is 4.57 Å². The highest BCUT2D eigenvalue weighted by Crippen LogP contribution is 2.25. The molecule has 3 nitrogen and oxygen atoms in total. The lowest BCUT2D eigenvalue weighted by molar-refractivity contribution is 0.0673. The number of imidazole rings is 1. The molecule has 1 heterocycles. The normalized spacial score (nSPS) is 10.9. The molecule has 0 bridgehead atoms. The van der Waals surface area contributed by atoms with Crippen LogP contribution in [0.5, 0.6) is 0 Å². The van der Waals surface area contributed by atoms with Gasteiger partial charge in [0.1, 0.15) is 5.82 Å². The average Bonchev–Trinajstić information content (AvgIpc) is 2.76. The Kier molecular flexibility index (Phi) is 3.81. The minimum Gasteiger partial charge on any atom is -0.376 e. The molecule has 0 aliphatic carbocycles. The van der Waals surface area contributed by atoms with Crippen molar-refractivity contribution in [3.05, 3.63) is 47.0 Å². The second kappa shape index (κ2) is 5.35. The monoisotopic (exact) mass is 271 g/mol. The molecule has 96 valence electrons. The Labute approximate surface area is 108 Å². The highest BCUT2D eigenvalue weighted by Gasteiger charge is 2.11. The van der Waals surface area contributed by atoms with Crippen molar-refractivity contribution in [1.29, 1.82) is 0 Å². The van der Waals surface area contributed by atoms with Gasteiger partial charge in [0.25, 0.3) is 0 Å². The summed E-state index contributed by atoms with van der Waals surface area (Å²) in [4.78, 5) is 3.89. The first-order chi connectivity index (χ1) is 8.59. The summed E-state index contributed by atoms with van der Waals surface area (Å²) in [5.41, 5.74) is 1.70. The van der Waals surface area contributed by atoms with Gasteiger partial charge in [-0.05, 0) is 18.6 Å². The van der Waals surface area contributed by atoms with Crippen LogP contribution in [0.3, 0.4) is 0 Å². The molecule has 0 aliphatic heterocycles. The van der Waals surface area contributed by atoms with Crippen LogP contribution < -0.4 is 5.32 Å². The second-order valence-corrected chi connectivity index (χ2v) is 4.22. The fourth-order valence-corrected chi connectivity index (χ4v) is 1.97. The topological polar surface area (TPSA) is 29.9 Å². The number of aromatic nitrogens is 2. The van der Waals surface area contributed by atoms with E-state index in [1.165, 1.54) is 12.4 Å². The molecular weight excluding hydrogens is 260 g/mol. The van der Waals surface area contributed by atoms with Crippen LogP contribution in [0.25, 0.3) is 0 Å². The standard InChI is InChI=1S/C12H12ClF2N3/c1-8-3-2-4-9(13)11(8)17-7-10-16-5-6-18(10)12(14)15/h2-6,12,17H,7H2,1H3. The van der Waals surface area contributed by atoms with E-state index in [1.54, 1.807) is 6.07 Å². The van der Waals surface area contributed by atoms with E-state index in [2.05, 4.69) is 10.3 Å². The van der Waals surface area contributed by atoms with Gasteiger partial charge in [-0.1, -0.05) is 23.7 Å². The van der Waals surface area contributed by atoms with Gasteiger partial charge in [0, 0.05) is 12.4 Å². The minimum absolute atomic E-state index is 0.196. The van der Waals surface area contributed by atoms with Crippen LogP contribution in [0.15, 0.2) is 30.6 Å². The molecule has 1 N–H and O–H groups in total. The predicted octanol–water partition coefficient (Wildman–Crippen LogP) is 3.85. The molecule has 0 saturated carbocycles. The third-order valence-corrected chi connectivity index (χ3v) is 2.92. The van der Waals surface area contributed by atoms with Crippen molar-refractivity contribution in [2.24, 2.45) is 0 Å². The van der Waals surface area contributed by atoms with Gasteiger partial charge in [0.15, 0.2) is 0 Å². The van der Waals surface area contributed by atoms with Crippen LogP contribution in [-0.4, -0.2) is 9.55 Å². The quantitative estimate of drug-likeness (QED) is 0.915. The van der Waals surface area contributed by atoms with E-state index >= 15 is 0 Å². The molecule has 0 atom stereocenters. The maximum Gasteiger partial charge on any atom is 0.319 e. The molecule has 0 radical (unpaired) electrons. The summed E-state index contributed by atoms with van der Waals surface area (Å²) in [6, 6.07) is 5.48. The van der Waals surface area contributed by atoms with Crippen LogP contribution >= 0.6 is 11.6 Å². The van der Waals surface area contributed by atoms with Gasteiger partial charge < -0.3 is 5.32 Å². The number of para-hydroxylation sites is 1. The molecule has 0 amide bonds. The van der Waals surface area contributed by atoms with Crippen molar-refractivity contribution < 1.29 is 8.78 Å². The van der Waals surface area contributed by atoms with Crippen LogP contribution in [0.1, 0.15) is 17.9 Å². The number of hydrogen-bond donors (Lipinski definition) is 1. The second-order valence-electron chi connectivity index (χ2n) is 3.81. The van der Waals surface area contributed by atoms with E-state index in [-0.39, 0.29) is 12.4 Å². The lowest BCUT2D eigenvalue weighted by Crippen LogP contribution is -2.09. The summed E-state index contributed by atoms with van der Waals surface area (Å²) >= 11 is 6.03. The number of benzene rings is 1. The van der Waals surface area contributed by atoms with Crippen LogP contribution in [0.4, 0.5) is 14.5 Å². The Morgan fingerprint density at radius 1 is 1.44 bits per heavy atom. The number of nitrogens with zero attached hydrogens (tertiary/aromatic N) is 2. The number of rotatable bonds is 4. The molecular formula is C12H12ClF2N3. The molecule has 1 aromatic heterocycles. The number of nitrogens with one attached hydrogen (secondary N) is 1. The third kappa shape index (κ3) is 2.61. The minimum atomic E-state index is -2.59. The maximum absolute atomic E-state index is 12.6. The zero-order valence-corrected chi connectivity index (χ0v) is 10.5. The van der Waals surface area contributed by atoms with Crippen molar-refractivity contribution in [3.63, 3.8) is 0 Å². The zero-order valence-electron chi connectivity index (χ0n) is 9.70. The zero-order chi connectivity index (χ0) is 13.1. The van der Waals surface area contributed by atoms with E-state index < -0.39 is 6.55 Å². The van der Waals surface area contributed by atoms with Gasteiger partial charge in [0.2, 0.25) is 0 Å². The molecule has 0 spiro atoms. The number of alkyl halides is 2. The number of aryl methyl sites for hydroxylation is 1. The smallest absolute Gasteiger partial charge is 0.319 e. The Morgan fingerprint density at radius 3 is 2.89 bits per heavy atom. The van der Waals surface area contributed by atoms with Crippen LogP contribution in [0.2, 0.25) is 5.02 Å². The van der Waals surface area contributed by atoms with E-state index in [4.69, 9.17) is 11.6 Å². The first-order valence-corrected chi connectivity index (χ1v) is 5.76. The summed E-state index contributed by atoms with van der Waals surface area (Å²) < 4.78 is 26.0. The molecule has 6 heteroatoms. The molecule has 0 fully saturated rings. The summed E-state index contributed by atoms with van der Waals surface area (Å²) in [7, 11) is 0. The lowest BCUT2D eigenvalue weighted by atomic mass is 10.2. The fraction of sp³-hybridized carbons (Fsp3) is 0.250. The Morgan fingerprint density at radius 2 is 2.22 bits per heavy atom. The molecule has 2 aromatic rings. The number of halogens is 3. The number of hydrogen-bond acceptors (Lipinski definition) is 2. The Balaban J connectivity index is 2.14. The largest absolute Gasteiger partial charge is 0.376 e.